The van der Waals surface area contributed by atoms with Crippen molar-refractivity contribution >= 4 is 11.9 Å². The summed E-state index contributed by atoms with van der Waals surface area (Å²) in [5.74, 6) is 0.0100. The van der Waals surface area contributed by atoms with Gasteiger partial charge in [0.15, 0.2) is 0 Å². The van der Waals surface area contributed by atoms with Crippen LogP contribution in [0.4, 0.5) is 5.95 Å². The second kappa shape index (κ2) is 5.60. The van der Waals surface area contributed by atoms with E-state index >= 15 is 0 Å². The summed E-state index contributed by atoms with van der Waals surface area (Å²) in [5.41, 5.74) is 2.83. The highest BCUT2D eigenvalue weighted by molar-refractivity contribution is 6.03. The van der Waals surface area contributed by atoms with Crippen LogP contribution < -0.4 is 5.32 Å². The Morgan fingerprint density at radius 1 is 1.32 bits per heavy atom. The molecule has 2 rings (SSSR count). The lowest BCUT2D eigenvalue weighted by Gasteiger charge is -2.04. The van der Waals surface area contributed by atoms with Crippen LogP contribution in [-0.4, -0.2) is 26.1 Å². The van der Waals surface area contributed by atoms with Crippen LogP contribution in [0.3, 0.4) is 0 Å². The Bertz CT molecular complexity index is 590. The Morgan fingerprint density at radius 3 is 2.79 bits per heavy atom. The van der Waals surface area contributed by atoms with Crippen molar-refractivity contribution in [1.82, 2.24) is 20.2 Å². The molecule has 1 aromatic heterocycles. The number of nitrogens with one attached hydrogen (secondary N) is 1. The Labute approximate surface area is 111 Å². The molecule has 0 atom stereocenters. The molecule has 1 aromatic carbocycles. The van der Waals surface area contributed by atoms with E-state index in [1.807, 2.05) is 32.9 Å². The molecule has 1 heterocycles. The van der Waals surface area contributed by atoms with Gasteiger partial charge in [0.25, 0.3) is 11.9 Å². The van der Waals surface area contributed by atoms with Crippen LogP contribution in [0.25, 0.3) is 0 Å². The summed E-state index contributed by atoms with van der Waals surface area (Å²) < 4.78 is 0. The van der Waals surface area contributed by atoms with E-state index < -0.39 is 0 Å². The van der Waals surface area contributed by atoms with Crippen molar-refractivity contribution in [1.29, 1.82) is 0 Å². The predicted octanol–water partition coefficient (Wildman–Crippen LogP) is 1.95. The number of anilines is 1. The molecule has 1 amide bonds. The molecule has 0 saturated carbocycles. The van der Waals surface area contributed by atoms with Crippen molar-refractivity contribution in [2.75, 3.05) is 5.32 Å². The highest BCUT2D eigenvalue weighted by Crippen LogP contribution is 2.11. The number of carbonyl (C=O) groups is 1. The van der Waals surface area contributed by atoms with Crippen LogP contribution in [0.2, 0.25) is 0 Å². The molecule has 6 heteroatoms. The molecule has 0 radical (unpaired) electrons. The molecule has 0 spiro atoms. The molecular weight excluding hydrogens is 242 g/mol. The zero-order chi connectivity index (χ0) is 13.8. The van der Waals surface area contributed by atoms with Crippen LogP contribution in [0.5, 0.6) is 0 Å². The summed E-state index contributed by atoms with van der Waals surface area (Å²) in [6, 6.07) is 5.56. The summed E-state index contributed by atoms with van der Waals surface area (Å²) in [7, 11) is 0. The standard InChI is InChI=1S/C13H17N5O/c1-4-7-18-16-13(15-17-18)14-12(19)11-6-5-9(2)10(3)8-11/h5-6,8H,4,7H2,1-3H3,(H,14,16,19). The quantitative estimate of drug-likeness (QED) is 0.910. The average molecular weight is 259 g/mol. The minimum Gasteiger partial charge on any atom is -0.288 e. The van der Waals surface area contributed by atoms with E-state index in [9.17, 15) is 4.79 Å². The number of aromatic nitrogens is 4. The van der Waals surface area contributed by atoms with Crippen LogP contribution in [0.15, 0.2) is 18.2 Å². The van der Waals surface area contributed by atoms with Crippen LogP contribution in [0, 0.1) is 13.8 Å². The van der Waals surface area contributed by atoms with E-state index in [4.69, 9.17) is 0 Å². The maximum absolute atomic E-state index is 12.0. The molecule has 1 N–H and O–H groups in total. The van der Waals surface area contributed by atoms with Crippen LogP contribution in [-0.2, 0) is 6.54 Å². The summed E-state index contributed by atoms with van der Waals surface area (Å²) in [4.78, 5) is 13.5. The van der Waals surface area contributed by atoms with E-state index in [-0.39, 0.29) is 11.9 Å². The smallest absolute Gasteiger partial charge is 0.270 e. The average Bonchev–Trinajstić information content (AvgIpc) is 2.80. The van der Waals surface area contributed by atoms with Gasteiger partial charge < -0.3 is 0 Å². The van der Waals surface area contributed by atoms with Gasteiger partial charge >= 0.3 is 0 Å². The van der Waals surface area contributed by atoms with E-state index in [1.165, 1.54) is 4.80 Å². The fraction of sp³-hybridized carbons (Fsp3) is 0.385. The van der Waals surface area contributed by atoms with Crippen molar-refractivity contribution in [2.24, 2.45) is 0 Å². The van der Waals surface area contributed by atoms with Gasteiger partial charge in [0.05, 0.1) is 6.54 Å². The van der Waals surface area contributed by atoms with Crippen molar-refractivity contribution < 1.29 is 4.79 Å². The van der Waals surface area contributed by atoms with Crippen LogP contribution in [0.1, 0.15) is 34.8 Å². The molecular formula is C13H17N5O. The number of benzene rings is 1. The van der Waals surface area contributed by atoms with Gasteiger partial charge in [-0.3, -0.25) is 10.1 Å². The Hall–Kier alpha value is -2.24. The van der Waals surface area contributed by atoms with Crippen LogP contribution >= 0.6 is 0 Å². The number of nitrogens with zero attached hydrogens (tertiary/aromatic N) is 4. The third kappa shape index (κ3) is 3.15. The number of hydrogen-bond donors (Lipinski definition) is 1. The highest BCUT2D eigenvalue weighted by Gasteiger charge is 2.10. The lowest BCUT2D eigenvalue weighted by molar-refractivity contribution is 0.102. The number of hydrogen-bond acceptors (Lipinski definition) is 4. The number of tetrazole rings is 1. The van der Waals surface area contributed by atoms with Gasteiger partial charge in [0, 0.05) is 5.56 Å². The normalized spacial score (nSPS) is 10.5. The van der Waals surface area contributed by atoms with Crippen molar-refractivity contribution in [3.05, 3.63) is 34.9 Å². The molecule has 0 aliphatic rings. The van der Waals surface area contributed by atoms with Gasteiger partial charge in [-0.25, -0.2) is 0 Å². The molecule has 100 valence electrons. The van der Waals surface area contributed by atoms with Gasteiger partial charge in [-0.1, -0.05) is 18.1 Å². The lowest BCUT2D eigenvalue weighted by atomic mass is 10.1. The first kappa shape index (κ1) is 13.2. The van der Waals surface area contributed by atoms with Crippen molar-refractivity contribution in [2.45, 2.75) is 33.7 Å². The Morgan fingerprint density at radius 2 is 2.11 bits per heavy atom. The predicted molar refractivity (Wildman–Crippen MR) is 72.0 cm³/mol. The van der Waals surface area contributed by atoms with E-state index in [0.29, 0.717) is 12.1 Å². The van der Waals surface area contributed by atoms with Gasteiger partial charge in [-0.05, 0) is 48.7 Å². The zero-order valence-electron chi connectivity index (χ0n) is 11.3. The van der Waals surface area contributed by atoms with Crippen molar-refractivity contribution in [3.63, 3.8) is 0 Å². The maximum atomic E-state index is 12.0. The number of aryl methyl sites for hydroxylation is 3. The Kier molecular flexibility index (Phi) is 3.89. The van der Waals surface area contributed by atoms with Gasteiger partial charge in [0.2, 0.25) is 0 Å². The molecule has 0 bridgehead atoms. The second-order valence-corrected chi connectivity index (χ2v) is 4.46. The number of carbonyl (C=O) groups excluding carboxylic acids is 1. The zero-order valence-corrected chi connectivity index (χ0v) is 11.3. The van der Waals surface area contributed by atoms with Gasteiger partial charge in [-0.15, -0.1) is 5.10 Å². The minimum absolute atomic E-state index is 0.223. The van der Waals surface area contributed by atoms with Gasteiger partial charge in [0.1, 0.15) is 0 Å². The van der Waals surface area contributed by atoms with Gasteiger partial charge in [-0.2, -0.15) is 4.80 Å². The Balaban J connectivity index is 2.09. The van der Waals surface area contributed by atoms with Crippen molar-refractivity contribution in [3.8, 4) is 0 Å². The topological polar surface area (TPSA) is 72.7 Å². The minimum atomic E-state index is -0.223. The molecule has 0 aliphatic carbocycles. The number of amides is 1. The van der Waals surface area contributed by atoms with E-state index in [2.05, 4.69) is 20.7 Å². The van der Waals surface area contributed by atoms with E-state index in [1.54, 1.807) is 6.07 Å². The second-order valence-electron chi connectivity index (χ2n) is 4.46. The molecule has 0 unspecified atom stereocenters. The summed E-state index contributed by atoms with van der Waals surface area (Å²) in [6.45, 7) is 6.69. The fourth-order valence-corrected chi connectivity index (χ4v) is 1.64. The third-order valence-corrected chi connectivity index (χ3v) is 2.87. The lowest BCUT2D eigenvalue weighted by Crippen LogP contribution is -2.13. The monoisotopic (exact) mass is 259 g/mol. The molecule has 0 aliphatic heterocycles. The molecule has 0 saturated heterocycles. The first-order valence-corrected chi connectivity index (χ1v) is 6.26. The first-order chi connectivity index (χ1) is 9.10. The molecule has 6 nitrogen and oxygen atoms in total. The summed E-state index contributed by atoms with van der Waals surface area (Å²) in [6.07, 6.45) is 0.918. The van der Waals surface area contributed by atoms with E-state index in [0.717, 1.165) is 17.5 Å². The maximum Gasteiger partial charge on any atom is 0.270 e. The molecule has 0 fully saturated rings. The summed E-state index contributed by atoms with van der Waals surface area (Å²) in [5, 5.41) is 14.3. The fourth-order valence-electron chi connectivity index (χ4n) is 1.64. The summed E-state index contributed by atoms with van der Waals surface area (Å²) >= 11 is 0. The highest BCUT2D eigenvalue weighted by atomic mass is 16.1. The number of rotatable bonds is 4. The molecule has 2 aromatic rings. The first-order valence-electron chi connectivity index (χ1n) is 6.26. The largest absolute Gasteiger partial charge is 0.288 e. The SMILES string of the molecule is CCCn1nnc(NC(=O)c2ccc(C)c(C)c2)n1. The molecule has 19 heavy (non-hydrogen) atoms. The third-order valence-electron chi connectivity index (χ3n) is 2.87.